The number of nitrogens with one attached hydrogen (secondary N) is 2. The van der Waals surface area contributed by atoms with E-state index in [-0.39, 0.29) is 5.91 Å². The van der Waals surface area contributed by atoms with Crippen molar-refractivity contribution in [1.82, 2.24) is 5.32 Å². The van der Waals surface area contributed by atoms with Crippen LogP contribution in [0.3, 0.4) is 0 Å². The molecule has 0 saturated heterocycles. The number of carbonyl (C=O) groups excluding carboxylic acids is 1. The molecule has 0 bridgehead atoms. The molecule has 0 aliphatic carbocycles. The van der Waals surface area contributed by atoms with Gasteiger partial charge in [0.1, 0.15) is 0 Å². The van der Waals surface area contributed by atoms with Crippen LogP contribution < -0.4 is 10.0 Å². The summed E-state index contributed by atoms with van der Waals surface area (Å²) in [6, 6.07) is 4.93. The summed E-state index contributed by atoms with van der Waals surface area (Å²) >= 11 is 0. The molecule has 0 atom stereocenters. The van der Waals surface area contributed by atoms with Gasteiger partial charge in [-0.15, -0.1) is 0 Å². The minimum atomic E-state index is -3.37. The molecule has 1 amide bonds. The molecule has 0 aromatic heterocycles. The van der Waals surface area contributed by atoms with E-state index in [2.05, 4.69) is 23.9 Å². The molecular formula is C16H26N2O4S. The van der Waals surface area contributed by atoms with Crippen LogP contribution in [0.1, 0.15) is 36.2 Å². The van der Waals surface area contributed by atoms with Crippen molar-refractivity contribution in [2.45, 2.75) is 27.2 Å². The highest BCUT2D eigenvalue weighted by molar-refractivity contribution is 7.92. The van der Waals surface area contributed by atoms with E-state index >= 15 is 0 Å². The molecular weight excluding hydrogens is 316 g/mol. The lowest BCUT2D eigenvalue weighted by atomic mass is 10.1. The van der Waals surface area contributed by atoms with Crippen LogP contribution >= 0.6 is 0 Å². The lowest BCUT2D eigenvalue weighted by molar-refractivity contribution is 0.0925. The quantitative estimate of drug-likeness (QED) is 0.674. The Kier molecular flexibility index (Phi) is 7.51. The van der Waals surface area contributed by atoms with Crippen molar-refractivity contribution in [3.63, 3.8) is 0 Å². The van der Waals surface area contributed by atoms with Crippen LogP contribution in [-0.4, -0.2) is 40.3 Å². The molecule has 0 unspecified atom stereocenters. The molecule has 0 saturated carbocycles. The molecule has 7 heteroatoms. The van der Waals surface area contributed by atoms with Gasteiger partial charge in [-0.1, -0.05) is 19.9 Å². The SMILES string of the molecule is Cc1ccc(C(=O)NCCCOCC(C)C)cc1NS(C)(=O)=O. The fraction of sp³-hybridized carbons (Fsp3) is 0.562. The van der Waals surface area contributed by atoms with Gasteiger partial charge in [-0.2, -0.15) is 0 Å². The third-order valence-electron chi connectivity index (χ3n) is 3.00. The standard InChI is InChI=1S/C16H26N2O4S/c1-12(2)11-22-9-5-8-17-16(19)14-7-6-13(3)15(10-14)18-23(4,20)21/h6-7,10,12,18H,5,8-9,11H2,1-4H3,(H,17,19). The number of hydrogen-bond donors (Lipinski definition) is 2. The summed E-state index contributed by atoms with van der Waals surface area (Å²) in [6.45, 7) is 7.78. The number of carbonyl (C=O) groups is 1. The van der Waals surface area contributed by atoms with E-state index in [1.165, 1.54) is 0 Å². The number of ether oxygens (including phenoxy) is 1. The van der Waals surface area contributed by atoms with Gasteiger partial charge in [-0.05, 0) is 37.0 Å². The van der Waals surface area contributed by atoms with Gasteiger partial charge in [0, 0.05) is 25.3 Å². The Morgan fingerprint density at radius 3 is 2.61 bits per heavy atom. The zero-order valence-corrected chi connectivity index (χ0v) is 15.0. The van der Waals surface area contributed by atoms with Crippen molar-refractivity contribution in [2.75, 3.05) is 30.7 Å². The van der Waals surface area contributed by atoms with Crippen LogP contribution in [0.5, 0.6) is 0 Å². The lowest BCUT2D eigenvalue weighted by Gasteiger charge is -2.11. The number of rotatable bonds is 9. The Bertz CT molecular complexity index is 627. The van der Waals surface area contributed by atoms with Crippen LogP contribution in [0, 0.1) is 12.8 Å². The van der Waals surface area contributed by atoms with Crippen LogP contribution in [0.15, 0.2) is 18.2 Å². The monoisotopic (exact) mass is 342 g/mol. The van der Waals surface area contributed by atoms with Crippen LogP contribution in [-0.2, 0) is 14.8 Å². The van der Waals surface area contributed by atoms with Gasteiger partial charge in [-0.25, -0.2) is 8.42 Å². The number of sulfonamides is 1. The Morgan fingerprint density at radius 1 is 1.30 bits per heavy atom. The summed E-state index contributed by atoms with van der Waals surface area (Å²) in [5, 5.41) is 2.80. The van der Waals surface area contributed by atoms with Crippen LogP contribution in [0.4, 0.5) is 5.69 Å². The predicted octanol–water partition coefficient (Wildman–Crippen LogP) is 2.16. The Hall–Kier alpha value is -1.60. The van der Waals surface area contributed by atoms with E-state index < -0.39 is 10.0 Å². The first-order valence-electron chi connectivity index (χ1n) is 7.63. The Balaban J connectivity index is 2.52. The topological polar surface area (TPSA) is 84.5 Å². The molecule has 130 valence electrons. The minimum Gasteiger partial charge on any atom is -0.381 e. The first-order valence-corrected chi connectivity index (χ1v) is 9.52. The summed E-state index contributed by atoms with van der Waals surface area (Å²) in [5.41, 5.74) is 1.60. The third-order valence-corrected chi connectivity index (χ3v) is 3.59. The summed E-state index contributed by atoms with van der Waals surface area (Å²) in [5.74, 6) is 0.267. The highest BCUT2D eigenvalue weighted by Gasteiger charge is 2.10. The summed E-state index contributed by atoms with van der Waals surface area (Å²) in [7, 11) is -3.37. The zero-order valence-electron chi connectivity index (χ0n) is 14.2. The molecule has 0 aliphatic heterocycles. The second-order valence-corrected chi connectivity index (χ2v) is 7.73. The number of hydrogen-bond acceptors (Lipinski definition) is 4. The van der Waals surface area contributed by atoms with E-state index in [1.54, 1.807) is 25.1 Å². The van der Waals surface area contributed by atoms with Gasteiger partial charge in [0.15, 0.2) is 0 Å². The highest BCUT2D eigenvalue weighted by atomic mass is 32.2. The van der Waals surface area contributed by atoms with Crippen molar-refractivity contribution < 1.29 is 17.9 Å². The highest BCUT2D eigenvalue weighted by Crippen LogP contribution is 2.18. The molecule has 1 rings (SSSR count). The van der Waals surface area contributed by atoms with Crippen molar-refractivity contribution in [3.8, 4) is 0 Å². The second-order valence-electron chi connectivity index (χ2n) is 5.98. The van der Waals surface area contributed by atoms with Gasteiger partial charge in [0.25, 0.3) is 5.91 Å². The van der Waals surface area contributed by atoms with Crippen molar-refractivity contribution >= 4 is 21.6 Å². The van der Waals surface area contributed by atoms with Crippen molar-refractivity contribution in [3.05, 3.63) is 29.3 Å². The van der Waals surface area contributed by atoms with E-state index in [4.69, 9.17) is 4.74 Å². The molecule has 0 heterocycles. The largest absolute Gasteiger partial charge is 0.381 e. The van der Waals surface area contributed by atoms with E-state index in [0.717, 1.165) is 18.2 Å². The Labute approximate surface area is 138 Å². The predicted molar refractivity (Wildman–Crippen MR) is 92.3 cm³/mol. The number of aryl methyl sites for hydroxylation is 1. The number of benzene rings is 1. The summed E-state index contributed by atoms with van der Waals surface area (Å²) in [4.78, 5) is 12.1. The van der Waals surface area contributed by atoms with Crippen molar-refractivity contribution in [1.29, 1.82) is 0 Å². The number of anilines is 1. The average Bonchev–Trinajstić information content (AvgIpc) is 2.43. The summed E-state index contributed by atoms with van der Waals surface area (Å²) in [6.07, 6.45) is 1.81. The molecule has 0 fully saturated rings. The van der Waals surface area contributed by atoms with Gasteiger partial charge >= 0.3 is 0 Å². The Morgan fingerprint density at radius 2 is 2.00 bits per heavy atom. The van der Waals surface area contributed by atoms with E-state index in [9.17, 15) is 13.2 Å². The van der Waals surface area contributed by atoms with E-state index in [1.807, 2.05) is 0 Å². The molecule has 0 spiro atoms. The molecule has 1 aromatic rings. The smallest absolute Gasteiger partial charge is 0.251 e. The van der Waals surface area contributed by atoms with Crippen LogP contribution in [0.25, 0.3) is 0 Å². The van der Waals surface area contributed by atoms with Gasteiger partial charge in [-0.3, -0.25) is 9.52 Å². The average molecular weight is 342 g/mol. The summed E-state index contributed by atoms with van der Waals surface area (Å²) < 4.78 is 30.5. The zero-order chi connectivity index (χ0) is 17.5. The fourth-order valence-electron chi connectivity index (χ4n) is 1.87. The van der Waals surface area contributed by atoms with Gasteiger partial charge in [0.2, 0.25) is 10.0 Å². The lowest BCUT2D eigenvalue weighted by Crippen LogP contribution is -2.25. The van der Waals surface area contributed by atoms with E-state index in [0.29, 0.717) is 36.9 Å². The fourth-order valence-corrected chi connectivity index (χ4v) is 2.49. The van der Waals surface area contributed by atoms with Crippen molar-refractivity contribution in [2.24, 2.45) is 5.92 Å². The molecule has 23 heavy (non-hydrogen) atoms. The first kappa shape index (κ1) is 19.4. The van der Waals surface area contributed by atoms with Crippen LogP contribution in [0.2, 0.25) is 0 Å². The molecule has 0 radical (unpaired) electrons. The maximum Gasteiger partial charge on any atom is 0.251 e. The first-order chi connectivity index (χ1) is 10.7. The molecule has 0 aliphatic rings. The normalized spacial score (nSPS) is 11.5. The maximum atomic E-state index is 12.1. The minimum absolute atomic E-state index is 0.231. The number of amides is 1. The second kappa shape index (κ2) is 8.88. The van der Waals surface area contributed by atoms with Gasteiger partial charge in [0.05, 0.1) is 11.9 Å². The molecule has 2 N–H and O–H groups in total. The maximum absolute atomic E-state index is 12.1. The van der Waals surface area contributed by atoms with Gasteiger partial charge < -0.3 is 10.1 Å². The third kappa shape index (κ3) is 7.99. The molecule has 6 nitrogen and oxygen atoms in total. The molecule has 1 aromatic carbocycles.